The van der Waals surface area contributed by atoms with Crippen LogP contribution in [-0.4, -0.2) is 29.4 Å². The SMILES string of the molecule is CC(=O)CCC(=O)NC(CO)C(C)C. The summed E-state index contributed by atoms with van der Waals surface area (Å²) < 4.78 is 0. The zero-order valence-corrected chi connectivity index (χ0v) is 9.04. The molecule has 0 bridgehead atoms. The average molecular weight is 201 g/mol. The molecule has 0 rings (SSSR count). The Kier molecular flexibility index (Phi) is 6.12. The summed E-state index contributed by atoms with van der Waals surface area (Å²) >= 11 is 0. The van der Waals surface area contributed by atoms with Crippen LogP contribution in [-0.2, 0) is 9.59 Å². The number of rotatable bonds is 6. The lowest BCUT2D eigenvalue weighted by molar-refractivity contribution is -0.125. The topological polar surface area (TPSA) is 66.4 Å². The Bertz CT molecular complexity index is 202. The van der Waals surface area contributed by atoms with E-state index in [1.165, 1.54) is 6.92 Å². The Morgan fingerprint density at radius 2 is 1.86 bits per heavy atom. The lowest BCUT2D eigenvalue weighted by atomic mass is 10.1. The van der Waals surface area contributed by atoms with Gasteiger partial charge in [-0.15, -0.1) is 0 Å². The van der Waals surface area contributed by atoms with Crippen molar-refractivity contribution >= 4 is 11.7 Å². The van der Waals surface area contributed by atoms with Crippen molar-refractivity contribution in [1.82, 2.24) is 5.32 Å². The first-order chi connectivity index (χ1) is 6.47. The van der Waals surface area contributed by atoms with Gasteiger partial charge in [0, 0.05) is 12.8 Å². The molecule has 0 radical (unpaired) electrons. The van der Waals surface area contributed by atoms with E-state index in [1.54, 1.807) is 0 Å². The second-order valence-electron chi connectivity index (χ2n) is 3.80. The summed E-state index contributed by atoms with van der Waals surface area (Å²) in [6.45, 7) is 5.24. The number of hydrogen-bond donors (Lipinski definition) is 2. The molecular formula is C10H19NO3. The van der Waals surface area contributed by atoms with Gasteiger partial charge in [-0.1, -0.05) is 13.8 Å². The van der Waals surface area contributed by atoms with E-state index in [0.717, 1.165) is 0 Å². The van der Waals surface area contributed by atoms with E-state index in [2.05, 4.69) is 5.32 Å². The fraction of sp³-hybridized carbons (Fsp3) is 0.800. The lowest BCUT2D eigenvalue weighted by Crippen LogP contribution is -2.41. The molecule has 0 aliphatic rings. The minimum atomic E-state index is -0.213. The van der Waals surface area contributed by atoms with E-state index in [4.69, 9.17) is 5.11 Å². The number of carbonyl (C=O) groups is 2. The molecule has 0 aromatic rings. The van der Waals surface area contributed by atoms with Crippen molar-refractivity contribution in [2.45, 2.75) is 39.7 Å². The minimum absolute atomic E-state index is 0.00486. The summed E-state index contributed by atoms with van der Waals surface area (Å²) in [6.07, 6.45) is 0.473. The van der Waals surface area contributed by atoms with Gasteiger partial charge in [-0.3, -0.25) is 4.79 Å². The molecule has 1 atom stereocenters. The highest BCUT2D eigenvalue weighted by Gasteiger charge is 2.14. The molecule has 1 amide bonds. The largest absolute Gasteiger partial charge is 0.394 e. The van der Waals surface area contributed by atoms with Crippen LogP contribution in [0.25, 0.3) is 0 Å². The molecule has 0 saturated carbocycles. The molecule has 1 unspecified atom stereocenters. The van der Waals surface area contributed by atoms with E-state index in [9.17, 15) is 9.59 Å². The van der Waals surface area contributed by atoms with Crippen LogP contribution in [0.2, 0.25) is 0 Å². The molecule has 0 fully saturated rings. The van der Waals surface area contributed by atoms with E-state index in [1.807, 2.05) is 13.8 Å². The average Bonchev–Trinajstić information content (AvgIpc) is 2.10. The van der Waals surface area contributed by atoms with Gasteiger partial charge in [0.15, 0.2) is 0 Å². The number of carbonyl (C=O) groups excluding carboxylic acids is 2. The number of aliphatic hydroxyl groups excluding tert-OH is 1. The van der Waals surface area contributed by atoms with Gasteiger partial charge in [0.25, 0.3) is 0 Å². The molecule has 14 heavy (non-hydrogen) atoms. The molecule has 0 aliphatic carbocycles. The van der Waals surface area contributed by atoms with E-state index in [0.29, 0.717) is 0 Å². The van der Waals surface area contributed by atoms with Crippen molar-refractivity contribution in [3.63, 3.8) is 0 Å². The summed E-state index contributed by atoms with van der Waals surface area (Å²) in [5.74, 6) is 0.0273. The van der Waals surface area contributed by atoms with Gasteiger partial charge in [0.1, 0.15) is 5.78 Å². The van der Waals surface area contributed by atoms with Crippen LogP contribution >= 0.6 is 0 Å². The fourth-order valence-electron chi connectivity index (χ4n) is 0.992. The highest BCUT2D eigenvalue weighted by molar-refractivity contribution is 5.83. The second-order valence-corrected chi connectivity index (χ2v) is 3.80. The first kappa shape index (κ1) is 13.1. The molecule has 0 aromatic carbocycles. The van der Waals surface area contributed by atoms with Gasteiger partial charge in [-0.2, -0.15) is 0 Å². The van der Waals surface area contributed by atoms with Crippen LogP contribution in [0.1, 0.15) is 33.6 Å². The molecule has 0 spiro atoms. The number of Topliss-reactive ketones (excluding diaryl/α,β-unsaturated/α-hetero) is 1. The molecule has 4 nitrogen and oxygen atoms in total. The third-order valence-electron chi connectivity index (χ3n) is 2.05. The van der Waals surface area contributed by atoms with Crippen LogP contribution in [0.15, 0.2) is 0 Å². The Morgan fingerprint density at radius 3 is 2.21 bits per heavy atom. The molecule has 0 saturated heterocycles. The molecule has 0 aliphatic heterocycles. The van der Waals surface area contributed by atoms with Gasteiger partial charge >= 0.3 is 0 Å². The van der Waals surface area contributed by atoms with E-state index in [-0.39, 0.29) is 43.1 Å². The normalized spacial score (nSPS) is 12.6. The standard InChI is InChI=1S/C10H19NO3/c1-7(2)9(6-12)11-10(14)5-4-8(3)13/h7,9,12H,4-6H2,1-3H3,(H,11,14). The smallest absolute Gasteiger partial charge is 0.220 e. The summed E-state index contributed by atoms with van der Waals surface area (Å²) in [5, 5.41) is 11.6. The summed E-state index contributed by atoms with van der Waals surface area (Å²) in [4.78, 5) is 21.9. The summed E-state index contributed by atoms with van der Waals surface area (Å²) in [6, 6.07) is -0.213. The number of aliphatic hydroxyl groups is 1. The Balaban J connectivity index is 3.85. The zero-order valence-electron chi connectivity index (χ0n) is 9.04. The van der Waals surface area contributed by atoms with E-state index < -0.39 is 0 Å². The molecule has 4 heteroatoms. The van der Waals surface area contributed by atoms with Crippen LogP contribution in [0.5, 0.6) is 0 Å². The van der Waals surface area contributed by atoms with Gasteiger partial charge < -0.3 is 15.2 Å². The first-order valence-electron chi connectivity index (χ1n) is 4.87. The van der Waals surface area contributed by atoms with Crippen molar-refractivity contribution in [3.05, 3.63) is 0 Å². The molecular weight excluding hydrogens is 182 g/mol. The van der Waals surface area contributed by atoms with Crippen LogP contribution in [0.3, 0.4) is 0 Å². The van der Waals surface area contributed by atoms with Crippen LogP contribution in [0.4, 0.5) is 0 Å². The van der Waals surface area contributed by atoms with Gasteiger partial charge in [0.05, 0.1) is 12.6 Å². The van der Waals surface area contributed by atoms with Crippen molar-refractivity contribution in [2.75, 3.05) is 6.61 Å². The van der Waals surface area contributed by atoms with Crippen molar-refractivity contribution in [3.8, 4) is 0 Å². The zero-order chi connectivity index (χ0) is 11.1. The fourth-order valence-corrected chi connectivity index (χ4v) is 0.992. The molecule has 0 heterocycles. The Labute approximate surface area is 84.7 Å². The highest BCUT2D eigenvalue weighted by atomic mass is 16.3. The van der Waals surface area contributed by atoms with E-state index >= 15 is 0 Å². The maximum absolute atomic E-state index is 11.2. The maximum Gasteiger partial charge on any atom is 0.220 e. The number of ketones is 1. The third-order valence-corrected chi connectivity index (χ3v) is 2.05. The Morgan fingerprint density at radius 1 is 1.29 bits per heavy atom. The summed E-state index contributed by atoms with van der Waals surface area (Å²) in [7, 11) is 0. The predicted molar refractivity (Wildman–Crippen MR) is 53.8 cm³/mol. The summed E-state index contributed by atoms with van der Waals surface area (Å²) in [5.41, 5.74) is 0. The monoisotopic (exact) mass is 201 g/mol. The first-order valence-corrected chi connectivity index (χ1v) is 4.87. The number of hydrogen-bond acceptors (Lipinski definition) is 3. The third kappa shape index (κ3) is 5.70. The highest BCUT2D eigenvalue weighted by Crippen LogP contribution is 2.01. The van der Waals surface area contributed by atoms with Crippen molar-refractivity contribution in [2.24, 2.45) is 5.92 Å². The predicted octanol–water partition coefficient (Wildman–Crippen LogP) is 0.489. The van der Waals surface area contributed by atoms with Gasteiger partial charge in [-0.25, -0.2) is 0 Å². The van der Waals surface area contributed by atoms with Crippen molar-refractivity contribution < 1.29 is 14.7 Å². The van der Waals surface area contributed by atoms with Gasteiger partial charge in [-0.05, 0) is 12.8 Å². The van der Waals surface area contributed by atoms with Crippen molar-refractivity contribution in [1.29, 1.82) is 0 Å². The number of nitrogens with one attached hydrogen (secondary N) is 1. The minimum Gasteiger partial charge on any atom is -0.394 e. The maximum atomic E-state index is 11.2. The Hall–Kier alpha value is -0.900. The van der Waals surface area contributed by atoms with Crippen LogP contribution < -0.4 is 5.32 Å². The quantitative estimate of drug-likeness (QED) is 0.657. The second kappa shape index (κ2) is 6.54. The molecule has 2 N–H and O–H groups in total. The molecule has 82 valence electrons. The molecule has 0 aromatic heterocycles. The van der Waals surface area contributed by atoms with Crippen LogP contribution in [0, 0.1) is 5.92 Å². The number of amides is 1. The van der Waals surface area contributed by atoms with Gasteiger partial charge in [0.2, 0.25) is 5.91 Å². The lowest BCUT2D eigenvalue weighted by Gasteiger charge is -2.19.